The molecule has 0 saturated heterocycles. The highest BCUT2D eigenvalue weighted by molar-refractivity contribution is 7.89. The number of ether oxygens (including phenoxy) is 1. The maximum atomic E-state index is 12.3. The largest absolute Gasteiger partial charge is 0.455 e. The number of hydrogen-bond acceptors (Lipinski definition) is 5. The molecule has 1 aromatic carbocycles. The number of halogens is 3. The third kappa shape index (κ3) is 4.62. The number of pyridine rings is 1. The number of benzene rings is 1. The minimum absolute atomic E-state index is 0.0628. The van der Waals surface area contributed by atoms with Gasteiger partial charge >= 0.3 is 5.97 Å². The van der Waals surface area contributed by atoms with Crippen molar-refractivity contribution in [3.8, 4) is 0 Å². The molecule has 0 aliphatic rings. The molecule has 0 aliphatic carbocycles. The zero-order valence-corrected chi connectivity index (χ0v) is 16.2. The highest BCUT2D eigenvalue weighted by atomic mass is 35.5. The van der Waals surface area contributed by atoms with Gasteiger partial charge in [0, 0.05) is 14.1 Å². The molecule has 0 radical (unpaired) electrons. The van der Waals surface area contributed by atoms with E-state index in [0.717, 1.165) is 10.4 Å². The Morgan fingerprint density at radius 3 is 2.40 bits per heavy atom. The Kier molecular flexibility index (Phi) is 6.29. The highest BCUT2D eigenvalue weighted by Crippen LogP contribution is 2.24. The number of nitrogens with zero attached hydrogens (tertiary/aromatic N) is 2. The lowest BCUT2D eigenvalue weighted by Gasteiger charge is -2.13. The van der Waals surface area contributed by atoms with Crippen LogP contribution in [0.5, 0.6) is 0 Å². The van der Waals surface area contributed by atoms with Gasteiger partial charge in [-0.15, -0.1) is 0 Å². The maximum absolute atomic E-state index is 12.3. The molecule has 1 aromatic heterocycles. The lowest BCUT2D eigenvalue weighted by atomic mass is 10.2. The first-order valence-corrected chi connectivity index (χ1v) is 9.40. The molecule has 0 saturated carbocycles. The Morgan fingerprint density at radius 2 is 1.76 bits per heavy atom. The predicted molar refractivity (Wildman–Crippen MR) is 95.7 cm³/mol. The van der Waals surface area contributed by atoms with E-state index in [2.05, 4.69) is 4.98 Å². The van der Waals surface area contributed by atoms with Crippen LogP contribution in [0, 0.1) is 0 Å². The zero-order chi connectivity index (χ0) is 18.8. The summed E-state index contributed by atoms with van der Waals surface area (Å²) in [5.74, 6) is -0.807. The summed E-state index contributed by atoms with van der Waals surface area (Å²) in [5, 5.41) is 0.549. The maximum Gasteiger partial charge on any atom is 0.340 e. The van der Waals surface area contributed by atoms with E-state index in [4.69, 9.17) is 39.5 Å². The van der Waals surface area contributed by atoms with Crippen molar-refractivity contribution in [2.24, 2.45) is 0 Å². The van der Waals surface area contributed by atoms with Gasteiger partial charge in [0.15, 0.2) is 0 Å². The Morgan fingerprint density at radius 1 is 1.12 bits per heavy atom. The molecule has 0 amide bonds. The minimum Gasteiger partial charge on any atom is -0.455 e. The van der Waals surface area contributed by atoms with Crippen molar-refractivity contribution in [1.29, 1.82) is 0 Å². The normalized spacial score (nSPS) is 11.6. The van der Waals surface area contributed by atoms with Gasteiger partial charge in [0.05, 0.1) is 26.2 Å². The second-order valence-electron chi connectivity index (χ2n) is 5.07. The quantitative estimate of drug-likeness (QED) is 0.542. The fourth-order valence-electron chi connectivity index (χ4n) is 1.80. The van der Waals surface area contributed by atoms with Gasteiger partial charge in [-0.25, -0.2) is 22.5 Å². The van der Waals surface area contributed by atoms with Crippen LogP contribution in [0.25, 0.3) is 0 Å². The number of aromatic nitrogens is 1. The van der Waals surface area contributed by atoms with E-state index in [1.54, 1.807) is 0 Å². The number of sulfonamides is 1. The Labute approximate surface area is 160 Å². The van der Waals surface area contributed by atoms with Crippen LogP contribution in [-0.2, 0) is 21.4 Å². The molecule has 0 aliphatic heterocycles. The molecule has 0 N–H and O–H groups in total. The molecular formula is C15H13Cl3N2O4S. The Balaban J connectivity index is 2.26. The molecule has 25 heavy (non-hydrogen) atoms. The van der Waals surface area contributed by atoms with Crippen molar-refractivity contribution in [3.63, 3.8) is 0 Å². The molecule has 10 heteroatoms. The van der Waals surface area contributed by atoms with Gasteiger partial charge in [-0.1, -0.05) is 34.8 Å². The molecule has 134 valence electrons. The molecule has 0 spiro atoms. The summed E-state index contributed by atoms with van der Waals surface area (Å²) in [5.41, 5.74) is 0.193. The second kappa shape index (κ2) is 7.88. The van der Waals surface area contributed by atoms with E-state index in [0.29, 0.717) is 0 Å². The van der Waals surface area contributed by atoms with Crippen molar-refractivity contribution in [2.45, 2.75) is 11.5 Å². The molecular weight excluding hydrogens is 411 g/mol. The van der Waals surface area contributed by atoms with Crippen LogP contribution in [0.2, 0.25) is 15.2 Å². The van der Waals surface area contributed by atoms with Gasteiger partial charge in [-0.05, 0) is 30.3 Å². The number of rotatable bonds is 5. The summed E-state index contributed by atoms with van der Waals surface area (Å²) in [6, 6.07) is 6.81. The standard InChI is InChI=1S/C15H13Cl3N2O4S/c1-20(2)25(22,23)9-3-4-11(16)10(7-9)15(21)24-8-13-12(17)5-6-14(18)19-13/h3-7H,8H2,1-2H3. The molecule has 0 unspecified atom stereocenters. The van der Waals surface area contributed by atoms with Gasteiger partial charge in [-0.3, -0.25) is 0 Å². The van der Waals surface area contributed by atoms with Crippen LogP contribution in [0.15, 0.2) is 35.2 Å². The van der Waals surface area contributed by atoms with E-state index in [1.807, 2.05) is 0 Å². The second-order valence-corrected chi connectivity index (χ2v) is 8.42. The monoisotopic (exact) mass is 422 g/mol. The summed E-state index contributed by atoms with van der Waals surface area (Å²) in [6.45, 7) is -0.237. The topological polar surface area (TPSA) is 76.6 Å². The van der Waals surface area contributed by atoms with Crippen LogP contribution in [0.4, 0.5) is 0 Å². The number of hydrogen-bond donors (Lipinski definition) is 0. The van der Waals surface area contributed by atoms with Crippen LogP contribution in [0.3, 0.4) is 0 Å². The van der Waals surface area contributed by atoms with Gasteiger partial charge < -0.3 is 4.74 Å². The minimum atomic E-state index is -3.71. The summed E-state index contributed by atoms with van der Waals surface area (Å²) in [7, 11) is -0.946. The van der Waals surface area contributed by atoms with E-state index in [-0.39, 0.29) is 38.0 Å². The van der Waals surface area contributed by atoms with E-state index in [9.17, 15) is 13.2 Å². The highest BCUT2D eigenvalue weighted by Gasteiger charge is 2.21. The van der Waals surface area contributed by atoms with Crippen molar-refractivity contribution in [1.82, 2.24) is 9.29 Å². The van der Waals surface area contributed by atoms with E-state index < -0.39 is 16.0 Å². The van der Waals surface area contributed by atoms with Gasteiger partial charge in [0.1, 0.15) is 11.8 Å². The summed E-state index contributed by atoms with van der Waals surface area (Å²) >= 11 is 17.7. The molecule has 0 atom stereocenters. The zero-order valence-electron chi connectivity index (χ0n) is 13.2. The first kappa shape index (κ1) is 19.9. The number of carbonyl (C=O) groups excluding carboxylic acids is 1. The summed E-state index contributed by atoms with van der Waals surface area (Å²) in [6.07, 6.45) is 0. The molecule has 2 aromatic rings. The van der Waals surface area contributed by atoms with Crippen molar-refractivity contribution >= 4 is 50.8 Å². The fourth-order valence-corrected chi connectivity index (χ4v) is 3.25. The Bertz CT molecular complexity index is 917. The van der Waals surface area contributed by atoms with E-state index in [1.165, 1.54) is 38.4 Å². The smallest absolute Gasteiger partial charge is 0.340 e. The molecule has 2 rings (SSSR count). The lowest BCUT2D eigenvalue weighted by molar-refractivity contribution is 0.0468. The van der Waals surface area contributed by atoms with Crippen LogP contribution in [0.1, 0.15) is 16.1 Å². The van der Waals surface area contributed by atoms with Crippen molar-refractivity contribution < 1.29 is 17.9 Å². The summed E-state index contributed by atoms with van der Waals surface area (Å²) in [4.78, 5) is 16.2. The van der Waals surface area contributed by atoms with Crippen LogP contribution < -0.4 is 0 Å². The number of esters is 1. The van der Waals surface area contributed by atoms with Gasteiger partial charge in [-0.2, -0.15) is 0 Å². The average molecular weight is 424 g/mol. The van der Waals surface area contributed by atoms with Crippen molar-refractivity contribution in [3.05, 3.63) is 56.8 Å². The molecule has 6 nitrogen and oxygen atoms in total. The summed E-state index contributed by atoms with van der Waals surface area (Å²) < 4.78 is 30.5. The van der Waals surface area contributed by atoms with Crippen LogP contribution in [-0.4, -0.2) is 37.8 Å². The lowest BCUT2D eigenvalue weighted by Crippen LogP contribution is -2.22. The SMILES string of the molecule is CN(C)S(=O)(=O)c1ccc(Cl)c(C(=O)OCc2nc(Cl)ccc2Cl)c1. The Hall–Kier alpha value is -1.38. The number of carbonyl (C=O) groups is 1. The first-order valence-electron chi connectivity index (χ1n) is 6.83. The van der Waals surface area contributed by atoms with Gasteiger partial charge in [0.25, 0.3) is 0 Å². The molecule has 1 heterocycles. The average Bonchev–Trinajstić information content (AvgIpc) is 2.55. The van der Waals surface area contributed by atoms with Crippen molar-refractivity contribution in [2.75, 3.05) is 14.1 Å². The molecule has 0 fully saturated rings. The van der Waals surface area contributed by atoms with Gasteiger partial charge in [0.2, 0.25) is 10.0 Å². The van der Waals surface area contributed by atoms with E-state index >= 15 is 0 Å². The first-order chi connectivity index (χ1) is 11.6. The fraction of sp³-hybridized carbons (Fsp3) is 0.200. The third-order valence-electron chi connectivity index (χ3n) is 3.16. The predicted octanol–water partition coefficient (Wildman–Crippen LogP) is 3.65. The van der Waals surface area contributed by atoms with Crippen LogP contribution >= 0.6 is 34.8 Å². The molecule has 0 bridgehead atoms. The third-order valence-corrected chi connectivity index (χ3v) is 5.86.